The van der Waals surface area contributed by atoms with E-state index in [-0.39, 0.29) is 5.91 Å². The Morgan fingerprint density at radius 2 is 1.70 bits per heavy atom. The van der Waals surface area contributed by atoms with Crippen molar-refractivity contribution in [2.75, 3.05) is 26.2 Å². The summed E-state index contributed by atoms with van der Waals surface area (Å²) in [7, 11) is 4.84. The van der Waals surface area contributed by atoms with E-state index in [1.165, 1.54) is 0 Å². The Kier molecular flexibility index (Phi) is 6.57. The van der Waals surface area contributed by atoms with Crippen LogP contribution in [-0.4, -0.2) is 27.2 Å². The van der Waals surface area contributed by atoms with Crippen molar-refractivity contribution in [3.8, 4) is 11.5 Å². The van der Waals surface area contributed by atoms with E-state index in [2.05, 4.69) is 0 Å². The van der Waals surface area contributed by atoms with Crippen molar-refractivity contribution in [2.24, 2.45) is 0 Å². The van der Waals surface area contributed by atoms with Crippen LogP contribution >= 0.6 is 23.2 Å². The van der Waals surface area contributed by atoms with Crippen molar-refractivity contribution in [3.63, 3.8) is 0 Å². The zero-order chi connectivity index (χ0) is 23.8. The quantitative estimate of drug-likeness (QED) is 0.411. The van der Waals surface area contributed by atoms with E-state index in [4.69, 9.17) is 37.4 Å². The van der Waals surface area contributed by atoms with E-state index >= 15 is 0 Å². The first-order valence-electron chi connectivity index (χ1n) is 10.4. The van der Waals surface area contributed by atoms with Crippen molar-refractivity contribution in [3.05, 3.63) is 86.9 Å². The van der Waals surface area contributed by atoms with E-state index < -0.39 is 5.41 Å². The summed E-state index contributed by atoms with van der Waals surface area (Å²) in [5.74, 6) is 1.24. The van der Waals surface area contributed by atoms with Crippen LogP contribution in [0.25, 0.3) is 0 Å². The summed E-state index contributed by atoms with van der Waals surface area (Å²) < 4.78 is 16.2. The fourth-order valence-corrected chi connectivity index (χ4v) is 4.90. The molecule has 1 aliphatic heterocycles. The van der Waals surface area contributed by atoms with E-state index in [9.17, 15) is 4.79 Å². The fraction of sp³-hybridized carbons (Fsp3) is 0.269. The molecule has 1 atom stereocenters. The lowest BCUT2D eigenvalue weighted by molar-refractivity contribution is -0.121. The lowest BCUT2D eigenvalue weighted by Gasteiger charge is -2.27. The molecule has 1 amide bonds. The fourth-order valence-electron chi connectivity index (χ4n) is 4.42. The third-order valence-electron chi connectivity index (χ3n) is 6.16. The number of anilines is 1. The number of rotatable bonds is 7. The van der Waals surface area contributed by atoms with Gasteiger partial charge in [0.25, 0.3) is 0 Å². The summed E-state index contributed by atoms with van der Waals surface area (Å²) >= 11 is 13.0. The lowest BCUT2D eigenvalue weighted by atomic mass is 9.76. The molecule has 0 N–H and O–H groups in total. The van der Waals surface area contributed by atoms with Gasteiger partial charge >= 0.3 is 0 Å². The first-order chi connectivity index (χ1) is 15.8. The van der Waals surface area contributed by atoms with Crippen LogP contribution in [0.4, 0.5) is 5.69 Å². The number of amides is 1. The molecule has 0 saturated carbocycles. The molecule has 1 unspecified atom stereocenters. The van der Waals surface area contributed by atoms with Crippen molar-refractivity contribution < 1.29 is 19.0 Å². The van der Waals surface area contributed by atoms with Crippen molar-refractivity contribution >= 4 is 34.8 Å². The Morgan fingerprint density at radius 3 is 2.39 bits per heavy atom. The first kappa shape index (κ1) is 23.4. The molecular formula is C26H25Cl2NO4. The lowest BCUT2D eigenvalue weighted by Crippen LogP contribution is -2.39. The Morgan fingerprint density at radius 1 is 0.909 bits per heavy atom. The molecule has 0 saturated heterocycles. The summed E-state index contributed by atoms with van der Waals surface area (Å²) in [5, 5.41) is 1.07. The molecule has 0 radical (unpaired) electrons. The summed E-state index contributed by atoms with van der Waals surface area (Å²) in [6.45, 7) is 2.64. The number of carbonyl (C=O) groups excluding carboxylic acids is 1. The van der Waals surface area contributed by atoms with Gasteiger partial charge in [0.2, 0.25) is 5.91 Å². The Bertz CT molecular complexity index is 1210. The number of carbonyl (C=O) groups is 1. The minimum atomic E-state index is -1.01. The van der Waals surface area contributed by atoms with Gasteiger partial charge in [-0.2, -0.15) is 0 Å². The minimum absolute atomic E-state index is 0.0888. The molecule has 0 fully saturated rings. The highest BCUT2D eigenvalue weighted by Gasteiger charge is 2.49. The predicted octanol–water partition coefficient (Wildman–Crippen LogP) is 6.01. The van der Waals surface area contributed by atoms with Crippen LogP contribution in [-0.2, 0) is 28.1 Å². The van der Waals surface area contributed by atoms with E-state index in [1.54, 1.807) is 32.3 Å². The second-order valence-electron chi connectivity index (χ2n) is 8.10. The molecular weight excluding hydrogens is 461 g/mol. The average Bonchev–Trinajstić information content (AvgIpc) is 3.02. The summed E-state index contributed by atoms with van der Waals surface area (Å²) in [4.78, 5) is 15.8. The van der Waals surface area contributed by atoms with Gasteiger partial charge in [0.1, 0.15) is 16.9 Å². The predicted molar refractivity (Wildman–Crippen MR) is 131 cm³/mol. The second kappa shape index (κ2) is 9.26. The van der Waals surface area contributed by atoms with Crippen molar-refractivity contribution in [1.29, 1.82) is 0 Å². The molecule has 1 aliphatic rings. The molecule has 33 heavy (non-hydrogen) atoms. The van der Waals surface area contributed by atoms with E-state index in [0.29, 0.717) is 34.7 Å². The van der Waals surface area contributed by atoms with E-state index in [1.807, 2.05) is 55.5 Å². The van der Waals surface area contributed by atoms with Crippen LogP contribution < -0.4 is 14.4 Å². The third-order valence-corrected chi connectivity index (χ3v) is 6.73. The van der Waals surface area contributed by atoms with Crippen LogP contribution in [0.2, 0.25) is 10.0 Å². The molecule has 0 spiro atoms. The van der Waals surface area contributed by atoms with Gasteiger partial charge in [0.15, 0.2) is 0 Å². The van der Waals surface area contributed by atoms with Gasteiger partial charge in [-0.1, -0.05) is 35.3 Å². The van der Waals surface area contributed by atoms with Gasteiger partial charge in [0.05, 0.1) is 27.4 Å². The highest BCUT2D eigenvalue weighted by Crippen LogP contribution is 2.49. The van der Waals surface area contributed by atoms with Gasteiger partial charge in [-0.25, -0.2) is 0 Å². The van der Waals surface area contributed by atoms with Gasteiger partial charge in [-0.3, -0.25) is 4.79 Å². The number of methoxy groups -OCH3 is 3. The number of fused-ring (bicyclic) bond motifs is 1. The summed E-state index contributed by atoms with van der Waals surface area (Å²) in [6.07, 6.45) is 0. The van der Waals surface area contributed by atoms with Crippen LogP contribution in [0.1, 0.15) is 29.2 Å². The minimum Gasteiger partial charge on any atom is -0.497 e. The zero-order valence-electron chi connectivity index (χ0n) is 18.9. The van der Waals surface area contributed by atoms with Gasteiger partial charge in [-0.05, 0) is 60.0 Å². The second-order valence-corrected chi connectivity index (χ2v) is 8.95. The monoisotopic (exact) mass is 485 g/mol. The van der Waals surface area contributed by atoms with Crippen molar-refractivity contribution in [2.45, 2.75) is 25.5 Å². The molecule has 3 aromatic carbocycles. The number of halogens is 2. The molecule has 4 rings (SSSR count). The molecule has 0 aromatic heterocycles. The molecule has 3 aromatic rings. The van der Waals surface area contributed by atoms with E-state index in [0.717, 1.165) is 27.9 Å². The number of hydrogen-bond donors (Lipinski definition) is 0. The standard InChI is InChI=1S/C26H25Cl2NO4/c1-26(20-11-16(15-31-2)5-9-22(20)28)21-12-18(27)7-10-23(21)29(25(26)30)14-17-6-8-19(32-3)13-24(17)33-4/h5-13H,14-15H2,1-4H3. The molecule has 5 nitrogen and oxygen atoms in total. The zero-order valence-corrected chi connectivity index (χ0v) is 20.5. The summed E-state index contributed by atoms with van der Waals surface area (Å²) in [6, 6.07) is 16.7. The molecule has 0 aliphatic carbocycles. The van der Waals surface area contributed by atoms with Crippen LogP contribution in [0, 0.1) is 0 Å². The number of hydrogen-bond acceptors (Lipinski definition) is 4. The number of benzene rings is 3. The van der Waals surface area contributed by atoms with Crippen LogP contribution in [0.3, 0.4) is 0 Å². The average molecular weight is 486 g/mol. The SMILES string of the molecule is COCc1ccc(Cl)c(C2(C)C(=O)N(Cc3ccc(OC)cc3OC)c3ccc(Cl)cc32)c1. The molecule has 172 valence electrons. The third kappa shape index (κ3) is 4.05. The maximum Gasteiger partial charge on any atom is 0.242 e. The van der Waals surface area contributed by atoms with Crippen molar-refractivity contribution in [1.82, 2.24) is 0 Å². The highest BCUT2D eigenvalue weighted by atomic mass is 35.5. The molecule has 7 heteroatoms. The molecule has 0 bridgehead atoms. The normalized spacial score (nSPS) is 17.3. The summed E-state index contributed by atoms with van der Waals surface area (Å²) in [5.41, 5.74) is 3.10. The molecule has 1 heterocycles. The number of nitrogens with zero attached hydrogens (tertiary/aromatic N) is 1. The first-order valence-corrected chi connectivity index (χ1v) is 11.2. The largest absolute Gasteiger partial charge is 0.497 e. The maximum atomic E-state index is 14.1. The topological polar surface area (TPSA) is 48.0 Å². The highest BCUT2D eigenvalue weighted by molar-refractivity contribution is 6.32. The van der Waals surface area contributed by atoms with Gasteiger partial charge < -0.3 is 19.1 Å². The maximum absolute atomic E-state index is 14.1. The Hall–Kier alpha value is -2.73. The van der Waals surface area contributed by atoms with Gasteiger partial charge in [0, 0.05) is 34.5 Å². The number of ether oxygens (including phenoxy) is 3. The Labute approximate surface area is 203 Å². The van der Waals surface area contributed by atoms with Crippen LogP contribution in [0.15, 0.2) is 54.6 Å². The Balaban J connectivity index is 1.84. The smallest absolute Gasteiger partial charge is 0.242 e. The van der Waals surface area contributed by atoms with Gasteiger partial charge in [-0.15, -0.1) is 0 Å². The van der Waals surface area contributed by atoms with Crippen LogP contribution in [0.5, 0.6) is 11.5 Å².